The highest BCUT2D eigenvalue weighted by Gasteiger charge is 2.20. The molecule has 1 atom stereocenters. The summed E-state index contributed by atoms with van der Waals surface area (Å²) in [6.07, 6.45) is -0.555. The van der Waals surface area contributed by atoms with Crippen LogP contribution in [0.5, 0.6) is 5.75 Å². The van der Waals surface area contributed by atoms with E-state index in [1.54, 1.807) is 11.3 Å². The minimum absolute atomic E-state index is 0.0471. The molecule has 0 radical (unpaired) electrons. The van der Waals surface area contributed by atoms with Crippen molar-refractivity contribution in [3.63, 3.8) is 0 Å². The Bertz CT molecular complexity index is 728. The third-order valence-electron chi connectivity index (χ3n) is 4.07. The molecule has 1 aliphatic rings. The number of carbonyl (C=O) groups excluding carboxylic acids is 1. The zero-order valence-electron chi connectivity index (χ0n) is 14.6. The van der Waals surface area contributed by atoms with Crippen molar-refractivity contribution in [3.05, 3.63) is 23.2 Å². The fraction of sp³-hybridized carbons (Fsp3) is 0.529. The van der Waals surface area contributed by atoms with Gasteiger partial charge in [0, 0.05) is 45.7 Å². The van der Waals surface area contributed by atoms with Crippen LogP contribution in [0.1, 0.15) is 11.9 Å². The SMILES string of the molecule is CC(=O)NN1CCN(C[C@@H](O)COc2ccc3sc(C)nc3c2)CC1. The predicted octanol–water partition coefficient (Wildman–Crippen LogP) is 1.01. The maximum Gasteiger partial charge on any atom is 0.231 e. The first-order valence-corrected chi connectivity index (χ1v) is 9.24. The van der Waals surface area contributed by atoms with Gasteiger partial charge >= 0.3 is 0 Å². The number of rotatable bonds is 6. The number of hydrogen-bond donors (Lipinski definition) is 2. The monoisotopic (exact) mass is 364 g/mol. The van der Waals surface area contributed by atoms with Crippen LogP contribution in [0.2, 0.25) is 0 Å². The largest absolute Gasteiger partial charge is 0.491 e. The van der Waals surface area contributed by atoms with E-state index in [-0.39, 0.29) is 12.5 Å². The van der Waals surface area contributed by atoms with E-state index in [4.69, 9.17) is 4.74 Å². The molecule has 25 heavy (non-hydrogen) atoms. The summed E-state index contributed by atoms with van der Waals surface area (Å²) < 4.78 is 6.86. The first kappa shape index (κ1) is 18.1. The number of piperazine rings is 1. The van der Waals surface area contributed by atoms with Gasteiger partial charge in [0.15, 0.2) is 0 Å². The molecule has 7 nitrogen and oxygen atoms in total. The molecule has 3 rings (SSSR count). The van der Waals surface area contributed by atoms with Crippen LogP contribution < -0.4 is 10.2 Å². The van der Waals surface area contributed by atoms with Crippen LogP contribution in [0.3, 0.4) is 0 Å². The van der Waals surface area contributed by atoms with Gasteiger partial charge in [0.25, 0.3) is 0 Å². The van der Waals surface area contributed by atoms with Crippen LogP contribution in [-0.4, -0.2) is 71.3 Å². The Morgan fingerprint density at radius 2 is 2.16 bits per heavy atom. The number of hydrogen-bond acceptors (Lipinski definition) is 7. The summed E-state index contributed by atoms with van der Waals surface area (Å²) in [5, 5.41) is 13.2. The molecule has 0 saturated carbocycles. The Balaban J connectivity index is 1.43. The average molecular weight is 364 g/mol. The lowest BCUT2D eigenvalue weighted by molar-refractivity contribution is -0.124. The van der Waals surface area contributed by atoms with E-state index in [0.717, 1.165) is 47.2 Å². The van der Waals surface area contributed by atoms with Gasteiger partial charge in [0.05, 0.1) is 15.2 Å². The van der Waals surface area contributed by atoms with E-state index in [1.807, 2.05) is 30.1 Å². The maximum atomic E-state index is 11.0. The molecule has 136 valence electrons. The van der Waals surface area contributed by atoms with Gasteiger partial charge in [0.2, 0.25) is 5.91 Å². The van der Waals surface area contributed by atoms with E-state index in [9.17, 15) is 9.90 Å². The molecule has 8 heteroatoms. The number of β-amino-alcohol motifs (C(OH)–C–C–N with tert-alkyl or cyclic N) is 1. The quantitative estimate of drug-likeness (QED) is 0.797. The molecule has 2 aromatic rings. The third-order valence-corrected chi connectivity index (χ3v) is 5.02. The highest BCUT2D eigenvalue weighted by molar-refractivity contribution is 7.18. The molecule has 1 aromatic carbocycles. The summed E-state index contributed by atoms with van der Waals surface area (Å²) in [6, 6.07) is 5.83. The van der Waals surface area contributed by atoms with Gasteiger partial charge in [-0.1, -0.05) is 0 Å². The minimum Gasteiger partial charge on any atom is -0.491 e. The molecule has 1 aromatic heterocycles. The van der Waals surface area contributed by atoms with E-state index in [1.165, 1.54) is 6.92 Å². The van der Waals surface area contributed by atoms with Crippen molar-refractivity contribution in [2.45, 2.75) is 20.0 Å². The van der Waals surface area contributed by atoms with Gasteiger partial charge in [-0.05, 0) is 19.1 Å². The van der Waals surface area contributed by atoms with Crippen molar-refractivity contribution < 1.29 is 14.6 Å². The molecule has 1 saturated heterocycles. The molecule has 2 heterocycles. The second-order valence-corrected chi connectivity index (χ2v) is 7.52. The first-order valence-electron chi connectivity index (χ1n) is 8.42. The lowest BCUT2D eigenvalue weighted by atomic mass is 10.3. The van der Waals surface area contributed by atoms with Crippen LogP contribution in [0, 0.1) is 6.92 Å². The average Bonchev–Trinajstić information content (AvgIpc) is 2.93. The number of aliphatic hydroxyl groups excluding tert-OH is 1. The smallest absolute Gasteiger partial charge is 0.231 e. The number of hydrazine groups is 1. The molecule has 1 aliphatic heterocycles. The van der Waals surface area contributed by atoms with Crippen molar-refractivity contribution >= 4 is 27.5 Å². The first-order chi connectivity index (χ1) is 12.0. The van der Waals surface area contributed by atoms with Crippen molar-refractivity contribution in [1.29, 1.82) is 0 Å². The summed E-state index contributed by atoms with van der Waals surface area (Å²) in [5.74, 6) is 0.682. The molecular formula is C17H24N4O3S. The number of carbonyl (C=O) groups is 1. The van der Waals surface area contributed by atoms with Gasteiger partial charge in [-0.15, -0.1) is 11.3 Å². The van der Waals surface area contributed by atoms with E-state index in [2.05, 4.69) is 15.3 Å². The third kappa shape index (κ3) is 5.12. The summed E-state index contributed by atoms with van der Waals surface area (Å²) in [4.78, 5) is 17.7. The number of nitrogens with zero attached hydrogens (tertiary/aromatic N) is 3. The standard InChI is InChI=1S/C17H24N4O3S/c1-12(22)19-21-7-5-20(6-8-21)10-14(23)11-24-15-3-4-17-16(9-15)18-13(2)25-17/h3-4,9,14,23H,5-8,10-11H2,1-2H3,(H,19,22)/t14-/m1/s1. The fourth-order valence-electron chi connectivity index (χ4n) is 2.92. The number of benzene rings is 1. The van der Waals surface area contributed by atoms with Crippen LogP contribution in [-0.2, 0) is 4.79 Å². The van der Waals surface area contributed by atoms with Crippen LogP contribution >= 0.6 is 11.3 Å². The van der Waals surface area contributed by atoms with Gasteiger partial charge in [-0.2, -0.15) is 0 Å². The summed E-state index contributed by atoms with van der Waals surface area (Å²) in [6.45, 7) is 7.44. The van der Waals surface area contributed by atoms with Gasteiger partial charge < -0.3 is 9.84 Å². The minimum atomic E-state index is -0.555. The molecule has 1 fully saturated rings. The summed E-state index contributed by atoms with van der Waals surface area (Å²) in [5.41, 5.74) is 3.73. The molecule has 0 aliphatic carbocycles. The maximum absolute atomic E-state index is 11.0. The molecular weight excluding hydrogens is 340 g/mol. The molecule has 0 spiro atoms. The van der Waals surface area contributed by atoms with Crippen molar-refractivity contribution in [2.75, 3.05) is 39.3 Å². The molecule has 0 unspecified atom stereocenters. The normalized spacial score (nSPS) is 17.6. The molecule has 0 bridgehead atoms. The zero-order valence-corrected chi connectivity index (χ0v) is 15.4. The lowest BCUT2D eigenvalue weighted by Crippen LogP contribution is -2.54. The fourth-order valence-corrected chi connectivity index (χ4v) is 3.73. The van der Waals surface area contributed by atoms with Gasteiger partial charge in [-0.25, -0.2) is 9.99 Å². The second kappa shape index (κ2) is 8.09. The number of ether oxygens (including phenoxy) is 1. The van der Waals surface area contributed by atoms with Crippen LogP contribution in [0.15, 0.2) is 18.2 Å². The summed E-state index contributed by atoms with van der Waals surface area (Å²) in [7, 11) is 0. The Kier molecular flexibility index (Phi) is 5.85. The lowest BCUT2D eigenvalue weighted by Gasteiger charge is -2.35. The van der Waals surface area contributed by atoms with Crippen molar-refractivity contribution in [1.82, 2.24) is 20.3 Å². The predicted molar refractivity (Wildman–Crippen MR) is 97.7 cm³/mol. The van der Waals surface area contributed by atoms with Crippen LogP contribution in [0.25, 0.3) is 10.2 Å². The Hall–Kier alpha value is -1.74. The highest BCUT2D eigenvalue weighted by atomic mass is 32.1. The Labute approximate surface area is 151 Å². The molecule has 1 amide bonds. The van der Waals surface area contributed by atoms with E-state index < -0.39 is 6.10 Å². The number of amides is 1. The number of aliphatic hydroxyl groups is 1. The van der Waals surface area contributed by atoms with Crippen molar-refractivity contribution in [2.24, 2.45) is 0 Å². The number of fused-ring (bicyclic) bond motifs is 1. The topological polar surface area (TPSA) is 77.9 Å². The van der Waals surface area contributed by atoms with Crippen LogP contribution in [0.4, 0.5) is 0 Å². The Morgan fingerprint density at radius 3 is 2.88 bits per heavy atom. The van der Waals surface area contributed by atoms with E-state index in [0.29, 0.717) is 6.54 Å². The van der Waals surface area contributed by atoms with Crippen molar-refractivity contribution in [3.8, 4) is 5.75 Å². The molecule has 2 N–H and O–H groups in total. The summed E-state index contributed by atoms with van der Waals surface area (Å²) >= 11 is 1.66. The number of aromatic nitrogens is 1. The highest BCUT2D eigenvalue weighted by Crippen LogP contribution is 2.25. The van der Waals surface area contributed by atoms with E-state index >= 15 is 0 Å². The Morgan fingerprint density at radius 1 is 1.40 bits per heavy atom. The number of nitrogens with one attached hydrogen (secondary N) is 1. The number of thiazole rings is 1. The number of aryl methyl sites for hydroxylation is 1. The zero-order chi connectivity index (χ0) is 17.8. The van der Waals surface area contributed by atoms with Gasteiger partial charge in [0.1, 0.15) is 18.5 Å². The second-order valence-electron chi connectivity index (χ2n) is 6.28. The van der Waals surface area contributed by atoms with Gasteiger partial charge in [-0.3, -0.25) is 15.1 Å².